The van der Waals surface area contributed by atoms with Gasteiger partial charge in [-0.1, -0.05) is 12.1 Å². The monoisotopic (exact) mass is 359 g/mol. The standard InChI is InChI=1S/C19H25N3O2S/c1-14-15(2)25-18(20-14)8-9-19(23)22-12-10-21(11-13-22)16-6-4-5-7-17(16)24-3/h4-7H,8-13H2,1-3H3. The van der Waals surface area contributed by atoms with Crippen molar-refractivity contribution >= 4 is 22.9 Å². The second-order valence-electron chi connectivity index (χ2n) is 6.29. The number of amides is 1. The van der Waals surface area contributed by atoms with Crippen molar-refractivity contribution in [3.63, 3.8) is 0 Å². The fourth-order valence-electron chi connectivity index (χ4n) is 3.11. The summed E-state index contributed by atoms with van der Waals surface area (Å²) < 4.78 is 5.44. The highest BCUT2D eigenvalue weighted by Gasteiger charge is 2.22. The number of rotatable bonds is 5. The minimum absolute atomic E-state index is 0.227. The number of hydrogen-bond donors (Lipinski definition) is 0. The number of carbonyl (C=O) groups excluding carboxylic acids is 1. The number of para-hydroxylation sites is 2. The predicted molar refractivity (Wildman–Crippen MR) is 102 cm³/mol. The van der Waals surface area contributed by atoms with Gasteiger partial charge in [-0.25, -0.2) is 4.98 Å². The van der Waals surface area contributed by atoms with Crippen LogP contribution in [-0.2, 0) is 11.2 Å². The van der Waals surface area contributed by atoms with Crippen LogP contribution in [0.2, 0.25) is 0 Å². The number of piperazine rings is 1. The van der Waals surface area contributed by atoms with Crippen molar-refractivity contribution in [2.45, 2.75) is 26.7 Å². The number of ether oxygens (including phenoxy) is 1. The molecule has 1 amide bonds. The van der Waals surface area contributed by atoms with Crippen molar-refractivity contribution < 1.29 is 9.53 Å². The Kier molecular flexibility index (Phi) is 5.58. The molecule has 0 atom stereocenters. The highest BCUT2D eigenvalue weighted by Crippen LogP contribution is 2.28. The van der Waals surface area contributed by atoms with Crippen LogP contribution >= 0.6 is 11.3 Å². The molecular weight excluding hydrogens is 334 g/mol. The Morgan fingerprint density at radius 1 is 1.20 bits per heavy atom. The number of thiazole rings is 1. The number of benzene rings is 1. The fourth-order valence-corrected chi connectivity index (χ4v) is 4.04. The molecule has 1 aromatic carbocycles. The van der Waals surface area contributed by atoms with Gasteiger partial charge in [-0.3, -0.25) is 4.79 Å². The number of hydrogen-bond acceptors (Lipinski definition) is 5. The van der Waals surface area contributed by atoms with E-state index in [2.05, 4.69) is 22.9 Å². The van der Waals surface area contributed by atoms with Gasteiger partial charge < -0.3 is 14.5 Å². The molecule has 134 valence electrons. The van der Waals surface area contributed by atoms with Gasteiger partial charge in [-0.2, -0.15) is 0 Å². The van der Waals surface area contributed by atoms with E-state index < -0.39 is 0 Å². The lowest BCUT2D eigenvalue weighted by Gasteiger charge is -2.36. The summed E-state index contributed by atoms with van der Waals surface area (Å²) in [5.74, 6) is 1.11. The SMILES string of the molecule is COc1ccccc1N1CCN(C(=O)CCc2nc(C)c(C)s2)CC1. The van der Waals surface area contributed by atoms with Crippen molar-refractivity contribution in [1.29, 1.82) is 0 Å². The van der Waals surface area contributed by atoms with Gasteiger partial charge in [0.15, 0.2) is 0 Å². The van der Waals surface area contributed by atoms with Crippen LogP contribution in [0.15, 0.2) is 24.3 Å². The van der Waals surface area contributed by atoms with Crippen LogP contribution in [0.4, 0.5) is 5.69 Å². The smallest absolute Gasteiger partial charge is 0.223 e. The van der Waals surface area contributed by atoms with Gasteiger partial charge >= 0.3 is 0 Å². The lowest BCUT2D eigenvalue weighted by atomic mass is 10.2. The van der Waals surface area contributed by atoms with E-state index in [0.717, 1.165) is 54.7 Å². The highest BCUT2D eigenvalue weighted by molar-refractivity contribution is 7.11. The molecule has 1 aromatic heterocycles. The number of anilines is 1. The average molecular weight is 359 g/mol. The molecule has 1 saturated heterocycles. The van der Waals surface area contributed by atoms with E-state index in [1.807, 2.05) is 30.0 Å². The maximum atomic E-state index is 12.5. The van der Waals surface area contributed by atoms with Crippen molar-refractivity contribution in [2.24, 2.45) is 0 Å². The average Bonchev–Trinajstić information content (AvgIpc) is 2.97. The van der Waals surface area contributed by atoms with Gasteiger partial charge in [-0.05, 0) is 26.0 Å². The van der Waals surface area contributed by atoms with E-state index in [1.54, 1.807) is 18.4 Å². The Bertz CT molecular complexity index is 717. The third-order valence-corrected chi connectivity index (χ3v) is 5.82. The minimum Gasteiger partial charge on any atom is -0.495 e. The van der Waals surface area contributed by atoms with Gasteiger partial charge in [0.25, 0.3) is 0 Å². The van der Waals surface area contributed by atoms with Crippen molar-refractivity contribution in [1.82, 2.24) is 9.88 Å². The van der Waals surface area contributed by atoms with Crippen LogP contribution in [0.3, 0.4) is 0 Å². The Morgan fingerprint density at radius 2 is 1.92 bits per heavy atom. The third-order valence-electron chi connectivity index (χ3n) is 4.68. The molecule has 0 saturated carbocycles. The molecular formula is C19H25N3O2S. The molecule has 3 rings (SSSR count). The van der Waals surface area contributed by atoms with Gasteiger partial charge in [0.05, 0.1) is 23.5 Å². The Morgan fingerprint density at radius 3 is 2.56 bits per heavy atom. The van der Waals surface area contributed by atoms with Crippen LogP contribution in [0.25, 0.3) is 0 Å². The number of aromatic nitrogens is 1. The maximum absolute atomic E-state index is 12.5. The predicted octanol–water partition coefficient (Wildman–Crippen LogP) is 3.05. The van der Waals surface area contributed by atoms with Crippen molar-refractivity contribution in [3.05, 3.63) is 39.8 Å². The summed E-state index contributed by atoms with van der Waals surface area (Å²) in [6.45, 7) is 7.28. The topological polar surface area (TPSA) is 45.7 Å². The molecule has 1 aliphatic rings. The van der Waals surface area contributed by atoms with Crippen molar-refractivity contribution in [3.8, 4) is 5.75 Å². The van der Waals surface area contributed by atoms with Crippen LogP contribution in [-0.4, -0.2) is 49.1 Å². The zero-order valence-electron chi connectivity index (χ0n) is 15.1. The number of carbonyl (C=O) groups is 1. The highest BCUT2D eigenvalue weighted by atomic mass is 32.1. The summed E-state index contributed by atoms with van der Waals surface area (Å²) >= 11 is 1.70. The summed E-state index contributed by atoms with van der Waals surface area (Å²) in [5.41, 5.74) is 2.18. The molecule has 1 fully saturated rings. The van der Waals surface area contributed by atoms with E-state index in [9.17, 15) is 4.79 Å². The van der Waals surface area contributed by atoms with Crippen LogP contribution in [0, 0.1) is 13.8 Å². The van der Waals surface area contributed by atoms with E-state index in [0.29, 0.717) is 6.42 Å². The molecule has 6 heteroatoms. The summed E-state index contributed by atoms with van der Waals surface area (Å²) in [4.78, 5) is 22.5. The Hall–Kier alpha value is -2.08. The van der Waals surface area contributed by atoms with E-state index in [4.69, 9.17) is 4.74 Å². The van der Waals surface area contributed by atoms with Crippen LogP contribution in [0.1, 0.15) is 22.0 Å². The molecule has 0 radical (unpaired) electrons. The van der Waals surface area contributed by atoms with E-state index in [-0.39, 0.29) is 5.91 Å². The normalized spacial score (nSPS) is 14.7. The molecule has 0 N–H and O–H groups in total. The van der Waals surface area contributed by atoms with Crippen LogP contribution in [0.5, 0.6) is 5.75 Å². The first-order valence-electron chi connectivity index (χ1n) is 8.67. The van der Waals surface area contributed by atoms with E-state index in [1.165, 1.54) is 4.88 Å². The van der Waals surface area contributed by atoms with E-state index >= 15 is 0 Å². The second-order valence-corrected chi connectivity index (χ2v) is 7.58. The molecule has 5 nitrogen and oxygen atoms in total. The summed E-state index contributed by atoms with van der Waals surface area (Å²) in [7, 11) is 1.70. The first kappa shape index (κ1) is 17.7. The Labute approximate surface area is 153 Å². The lowest BCUT2D eigenvalue weighted by Crippen LogP contribution is -2.48. The first-order valence-corrected chi connectivity index (χ1v) is 9.49. The Balaban J connectivity index is 1.52. The maximum Gasteiger partial charge on any atom is 0.223 e. The molecule has 2 aromatic rings. The molecule has 0 aliphatic carbocycles. The lowest BCUT2D eigenvalue weighted by molar-refractivity contribution is -0.131. The number of nitrogens with zero attached hydrogens (tertiary/aromatic N) is 3. The molecule has 0 spiro atoms. The molecule has 1 aliphatic heterocycles. The third kappa shape index (κ3) is 4.12. The van der Waals surface area contributed by atoms with Crippen molar-refractivity contribution in [2.75, 3.05) is 38.2 Å². The summed E-state index contributed by atoms with van der Waals surface area (Å²) in [6.07, 6.45) is 1.28. The summed E-state index contributed by atoms with van der Waals surface area (Å²) in [5, 5.41) is 1.07. The molecule has 0 bridgehead atoms. The van der Waals surface area contributed by atoms with Gasteiger partial charge in [0.2, 0.25) is 5.91 Å². The number of aryl methyl sites for hydroxylation is 3. The minimum atomic E-state index is 0.227. The molecule has 2 heterocycles. The summed E-state index contributed by atoms with van der Waals surface area (Å²) in [6, 6.07) is 8.05. The zero-order valence-corrected chi connectivity index (χ0v) is 15.9. The van der Waals surface area contributed by atoms with Gasteiger partial charge in [0.1, 0.15) is 5.75 Å². The molecule has 0 unspecified atom stereocenters. The van der Waals surface area contributed by atoms with Gasteiger partial charge in [-0.15, -0.1) is 11.3 Å². The van der Waals surface area contributed by atoms with Crippen LogP contribution < -0.4 is 9.64 Å². The van der Waals surface area contributed by atoms with Gasteiger partial charge in [0, 0.05) is 43.9 Å². The largest absolute Gasteiger partial charge is 0.495 e. The number of methoxy groups -OCH3 is 1. The fraction of sp³-hybridized carbons (Fsp3) is 0.474. The first-order chi connectivity index (χ1) is 12.1. The second kappa shape index (κ2) is 7.87. The quantitative estimate of drug-likeness (QED) is 0.823. The zero-order chi connectivity index (χ0) is 17.8. The molecule has 25 heavy (non-hydrogen) atoms.